The maximum Gasteiger partial charge on any atom is 0.180 e. The number of hydrogen-bond acceptors (Lipinski definition) is 5. The SMILES string of the molecule is CN(Cc1ccccn1)c1nc(N)cn2ccnc12. The molecule has 6 nitrogen and oxygen atoms in total. The van der Waals surface area contributed by atoms with Gasteiger partial charge in [-0.25, -0.2) is 9.97 Å². The van der Waals surface area contributed by atoms with Crippen molar-refractivity contribution in [3.63, 3.8) is 0 Å². The van der Waals surface area contributed by atoms with E-state index in [1.54, 1.807) is 18.6 Å². The maximum atomic E-state index is 5.81. The molecule has 0 aromatic carbocycles. The van der Waals surface area contributed by atoms with E-state index in [4.69, 9.17) is 5.73 Å². The van der Waals surface area contributed by atoms with Gasteiger partial charge in [-0.3, -0.25) is 4.98 Å². The lowest BCUT2D eigenvalue weighted by molar-refractivity contribution is 0.864. The number of rotatable bonds is 3. The number of anilines is 2. The molecule has 19 heavy (non-hydrogen) atoms. The first-order valence-electron chi connectivity index (χ1n) is 5.94. The van der Waals surface area contributed by atoms with Crippen LogP contribution in [0.4, 0.5) is 11.6 Å². The Hall–Kier alpha value is -2.63. The van der Waals surface area contributed by atoms with Crippen LogP contribution >= 0.6 is 0 Å². The highest BCUT2D eigenvalue weighted by atomic mass is 15.2. The highest BCUT2D eigenvalue weighted by Crippen LogP contribution is 2.19. The second kappa shape index (κ2) is 4.56. The summed E-state index contributed by atoms with van der Waals surface area (Å²) in [6, 6.07) is 5.84. The summed E-state index contributed by atoms with van der Waals surface area (Å²) in [5.41, 5.74) is 7.57. The predicted molar refractivity (Wildman–Crippen MR) is 73.7 cm³/mol. The molecule has 0 unspecified atom stereocenters. The normalized spacial score (nSPS) is 10.8. The summed E-state index contributed by atoms with van der Waals surface area (Å²) in [6.45, 7) is 0.653. The van der Waals surface area contributed by atoms with Crippen molar-refractivity contribution >= 4 is 17.3 Å². The Morgan fingerprint density at radius 1 is 1.26 bits per heavy atom. The van der Waals surface area contributed by atoms with Gasteiger partial charge in [0.25, 0.3) is 0 Å². The van der Waals surface area contributed by atoms with Gasteiger partial charge in [-0.2, -0.15) is 0 Å². The van der Waals surface area contributed by atoms with Crippen LogP contribution in [0.3, 0.4) is 0 Å². The second-order valence-electron chi connectivity index (χ2n) is 4.32. The Labute approximate surface area is 110 Å². The Morgan fingerprint density at radius 2 is 2.16 bits per heavy atom. The first-order valence-corrected chi connectivity index (χ1v) is 5.94. The Kier molecular flexibility index (Phi) is 2.75. The van der Waals surface area contributed by atoms with Crippen molar-refractivity contribution in [1.82, 2.24) is 19.4 Å². The average Bonchev–Trinajstić information content (AvgIpc) is 2.86. The van der Waals surface area contributed by atoms with E-state index in [1.807, 2.05) is 40.7 Å². The summed E-state index contributed by atoms with van der Waals surface area (Å²) in [6.07, 6.45) is 7.11. The van der Waals surface area contributed by atoms with E-state index in [9.17, 15) is 0 Å². The molecule has 0 amide bonds. The summed E-state index contributed by atoms with van der Waals surface area (Å²) >= 11 is 0. The molecule has 0 bridgehead atoms. The predicted octanol–water partition coefficient (Wildman–Crippen LogP) is 1.34. The van der Waals surface area contributed by atoms with Crippen molar-refractivity contribution in [3.8, 4) is 0 Å². The van der Waals surface area contributed by atoms with Gasteiger partial charge in [0, 0.05) is 25.6 Å². The smallest absolute Gasteiger partial charge is 0.180 e. The quantitative estimate of drug-likeness (QED) is 0.763. The minimum Gasteiger partial charge on any atom is -0.382 e. The van der Waals surface area contributed by atoms with Crippen LogP contribution in [0.1, 0.15) is 5.69 Å². The molecule has 0 spiro atoms. The Bertz CT molecular complexity index is 691. The molecule has 2 N–H and O–H groups in total. The summed E-state index contributed by atoms with van der Waals surface area (Å²) in [5.74, 6) is 1.21. The van der Waals surface area contributed by atoms with E-state index in [2.05, 4.69) is 15.0 Å². The van der Waals surface area contributed by atoms with E-state index in [0.29, 0.717) is 12.4 Å². The number of pyridine rings is 1. The number of fused-ring (bicyclic) bond motifs is 1. The number of hydrogen-bond donors (Lipinski definition) is 1. The molecule has 0 aliphatic carbocycles. The number of imidazole rings is 1. The topological polar surface area (TPSA) is 72.3 Å². The fraction of sp³-hybridized carbons (Fsp3) is 0.154. The van der Waals surface area contributed by atoms with Gasteiger partial charge < -0.3 is 15.0 Å². The first-order chi connectivity index (χ1) is 9.24. The summed E-state index contributed by atoms with van der Waals surface area (Å²) in [5, 5.41) is 0. The third-order valence-corrected chi connectivity index (χ3v) is 2.86. The zero-order valence-corrected chi connectivity index (χ0v) is 10.6. The third-order valence-electron chi connectivity index (χ3n) is 2.86. The van der Waals surface area contributed by atoms with Crippen molar-refractivity contribution in [1.29, 1.82) is 0 Å². The Morgan fingerprint density at radius 3 is 2.95 bits per heavy atom. The van der Waals surface area contributed by atoms with Crippen LogP contribution in [0.2, 0.25) is 0 Å². The molecule has 0 atom stereocenters. The Balaban J connectivity index is 1.97. The van der Waals surface area contributed by atoms with Crippen LogP contribution < -0.4 is 10.6 Å². The number of aromatic nitrogens is 4. The van der Waals surface area contributed by atoms with Crippen LogP contribution in [0, 0.1) is 0 Å². The lowest BCUT2D eigenvalue weighted by Crippen LogP contribution is -2.20. The van der Waals surface area contributed by atoms with E-state index in [-0.39, 0.29) is 0 Å². The van der Waals surface area contributed by atoms with E-state index in [0.717, 1.165) is 17.2 Å². The highest BCUT2D eigenvalue weighted by Gasteiger charge is 2.11. The van der Waals surface area contributed by atoms with Crippen molar-refractivity contribution in [2.75, 3.05) is 17.7 Å². The maximum absolute atomic E-state index is 5.81. The van der Waals surface area contributed by atoms with Crippen molar-refractivity contribution < 1.29 is 0 Å². The zero-order valence-electron chi connectivity index (χ0n) is 10.6. The lowest BCUT2D eigenvalue weighted by Gasteiger charge is -2.18. The fourth-order valence-corrected chi connectivity index (χ4v) is 2.00. The molecule has 0 radical (unpaired) electrons. The number of nitrogens with zero attached hydrogens (tertiary/aromatic N) is 5. The van der Waals surface area contributed by atoms with Crippen molar-refractivity contribution in [2.24, 2.45) is 0 Å². The largest absolute Gasteiger partial charge is 0.382 e. The molecule has 96 valence electrons. The van der Waals surface area contributed by atoms with Crippen LogP contribution in [-0.4, -0.2) is 26.4 Å². The van der Waals surface area contributed by atoms with Crippen LogP contribution in [-0.2, 0) is 6.54 Å². The average molecular weight is 254 g/mol. The molecule has 0 aliphatic heterocycles. The summed E-state index contributed by atoms with van der Waals surface area (Å²) in [7, 11) is 1.95. The van der Waals surface area contributed by atoms with Gasteiger partial charge in [-0.15, -0.1) is 0 Å². The molecule has 0 fully saturated rings. The molecular weight excluding hydrogens is 240 g/mol. The van der Waals surface area contributed by atoms with Gasteiger partial charge in [0.2, 0.25) is 0 Å². The summed E-state index contributed by atoms with van der Waals surface area (Å²) < 4.78 is 1.87. The fourth-order valence-electron chi connectivity index (χ4n) is 2.00. The van der Waals surface area contributed by atoms with Crippen LogP contribution in [0.15, 0.2) is 43.0 Å². The molecule has 6 heteroatoms. The standard InChI is InChI=1S/C13H14N6/c1-18(8-10-4-2-3-5-15-10)13-12-16-6-7-19(12)9-11(14)17-13/h2-7,9H,8,14H2,1H3. The van der Waals surface area contributed by atoms with Gasteiger partial charge in [-0.1, -0.05) is 6.07 Å². The molecule has 0 aliphatic rings. The molecule has 3 aromatic rings. The van der Waals surface area contributed by atoms with Crippen LogP contribution in [0.25, 0.3) is 5.65 Å². The van der Waals surface area contributed by atoms with Crippen molar-refractivity contribution in [3.05, 3.63) is 48.7 Å². The summed E-state index contributed by atoms with van der Waals surface area (Å²) in [4.78, 5) is 15.0. The van der Waals surface area contributed by atoms with Gasteiger partial charge in [0.1, 0.15) is 5.82 Å². The van der Waals surface area contributed by atoms with E-state index >= 15 is 0 Å². The van der Waals surface area contributed by atoms with E-state index < -0.39 is 0 Å². The monoisotopic (exact) mass is 254 g/mol. The first kappa shape index (κ1) is 11.5. The molecule has 3 rings (SSSR count). The zero-order chi connectivity index (χ0) is 13.2. The van der Waals surface area contributed by atoms with Gasteiger partial charge in [-0.05, 0) is 12.1 Å². The number of nitrogens with two attached hydrogens (primary N) is 1. The van der Waals surface area contributed by atoms with Gasteiger partial charge >= 0.3 is 0 Å². The van der Waals surface area contributed by atoms with E-state index in [1.165, 1.54) is 0 Å². The number of nitrogen functional groups attached to an aromatic ring is 1. The lowest BCUT2D eigenvalue weighted by atomic mass is 10.3. The molecule has 3 aromatic heterocycles. The molecule has 0 saturated heterocycles. The molecule has 0 saturated carbocycles. The van der Waals surface area contributed by atoms with Gasteiger partial charge in [0.05, 0.1) is 18.4 Å². The molecular formula is C13H14N6. The highest BCUT2D eigenvalue weighted by molar-refractivity contribution is 5.65. The minimum absolute atomic E-state index is 0.466. The third kappa shape index (κ3) is 2.20. The van der Waals surface area contributed by atoms with Crippen molar-refractivity contribution in [2.45, 2.75) is 6.54 Å². The minimum atomic E-state index is 0.466. The second-order valence-corrected chi connectivity index (χ2v) is 4.32. The van der Waals surface area contributed by atoms with Gasteiger partial charge in [0.15, 0.2) is 11.5 Å². The van der Waals surface area contributed by atoms with Crippen LogP contribution in [0.5, 0.6) is 0 Å². The molecule has 3 heterocycles.